The van der Waals surface area contributed by atoms with E-state index in [1.807, 2.05) is 42.5 Å². The molecule has 0 spiro atoms. The number of ether oxygens (including phenoxy) is 1. The molecule has 0 saturated heterocycles. The normalized spacial score (nSPS) is 10.6. The highest BCUT2D eigenvalue weighted by Gasteiger charge is 2.22. The summed E-state index contributed by atoms with van der Waals surface area (Å²) in [6.07, 6.45) is 1.60. The highest BCUT2D eigenvalue weighted by atomic mass is 35.5. The van der Waals surface area contributed by atoms with Crippen LogP contribution in [0.2, 0.25) is 5.02 Å². The van der Waals surface area contributed by atoms with E-state index in [0.717, 1.165) is 11.3 Å². The Bertz CT molecular complexity index is 1160. The van der Waals surface area contributed by atoms with Crippen LogP contribution in [0.25, 0.3) is 16.9 Å². The highest BCUT2D eigenvalue weighted by molar-refractivity contribution is 6.30. The molecule has 4 aromatic rings. The number of carbonyl (C=O) groups is 1. The molecule has 2 aromatic carbocycles. The summed E-state index contributed by atoms with van der Waals surface area (Å²) >= 11 is 6.01. The molecule has 7 heteroatoms. The van der Waals surface area contributed by atoms with Crippen LogP contribution in [0.4, 0.5) is 5.69 Å². The van der Waals surface area contributed by atoms with Gasteiger partial charge in [-0.25, -0.2) is 9.67 Å². The summed E-state index contributed by atoms with van der Waals surface area (Å²) in [6.45, 7) is 0. The molecule has 0 aliphatic heterocycles. The van der Waals surface area contributed by atoms with E-state index < -0.39 is 0 Å². The third-order valence-electron chi connectivity index (χ3n) is 4.69. The number of methoxy groups -OCH3 is 1. The SMILES string of the molecule is COc1ccc(N(C)C(=O)c2cc(-c3ccc(Cl)cc3)nn2-c2ccccc2)cn1. The van der Waals surface area contributed by atoms with Crippen molar-refractivity contribution in [1.29, 1.82) is 0 Å². The summed E-state index contributed by atoms with van der Waals surface area (Å²) in [7, 11) is 3.25. The minimum atomic E-state index is -0.210. The first-order valence-corrected chi connectivity index (χ1v) is 9.64. The largest absolute Gasteiger partial charge is 0.481 e. The van der Waals surface area contributed by atoms with Crippen molar-refractivity contribution in [3.05, 3.63) is 89.7 Å². The molecule has 30 heavy (non-hydrogen) atoms. The summed E-state index contributed by atoms with van der Waals surface area (Å²) in [4.78, 5) is 19.1. The smallest absolute Gasteiger partial charge is 0.276 e. The number of amides is 1. The van der Waals surface area contributed by atoms with Gasteiger partial charge in [0, 0.05) is 23.7 Å². The van der Waals surface area contributed by atoms with Crippen molar-refractivity contribution in [2.75, 3.05) is 19.1 Å². The standard InChI is InChI=1S/C23H19ClN4O2/c1-27(19-12-13-22(30-2)25-15-19)23(29)21-14-20(16-8-10-17(24)11-9-16)26-28(21)18-6-4-3-5-7-18/h3-15H,1-2H3. The van der Waals surface area contributed by atoms with Crippen LogP contribution in [0.3, 0.4) is 0 Å². The average Bonchev–Trinajstić information content (AvgIpc) is 3.24. The van der Waals surface area contributed by atoms with Crippen LogP contribution in [0.15, 0.2) is 79.0 Å². The van der Waals surface area contributed by atoms with E-state index in [2.05, 4.69) is 4.98 Å². The van der Waals surface area contributed by atoms with Gasteiger partial charge < -0.3 is 9.64 Å². The molecule has 0 bridgehead atoms. The van der Waals surface area contributed by atoms with E-state index in [-0.39, 0.29) is 5.91 Å². The Hall–Kier alpha value is -3.64. The van der Waals surface area contributed by atoms with Gasteiger partial charge in [-0.15, -0.1) is 0 Å². The molecule has 4 rings (SSSR count). The summed E-state index contributed by atoms with van der Waals surface area (Å²) in [5.41, 5.74) is 3.43. The number of hydrogen-bond donors (Lipinski definition) is 0. The molecule has 0 radical (unpaired) electrons. The minimum absolute atomic E-state index is 0.210. The van der Waals surface area contributed by atoms with Crippen molar-refractivity contribution in [3.8, 4) is 22.8 Å². The number of hydrogen-bond acceptors (Lipinski definition) is 4. The van der Waals surface area contributed by atoms with Crippen LogP contribution in [0.1, 0.15) is 10.5 Å². The first-order valence-electron chi connectivity index (χ1n) is 9.26. The lowest BCUT2D eigenvalue weighted by molar-refractivity contribution is 0.0985. The van der Waals surface area contributed by atoms with E-state index in [1.54, 1.807) is 55.4 Å². The Morgan fingerprint density at radius 2 is 1.77 bits per heavy atom. The maximum absolute atomic E-state index is 13.4. The quantitative estimate of drug-likeness (QED) is 0.463. The van der Waals surface area contributed by atoms with Crippen molar-refractivity contribution in [2.45, 2.75) is 0 Å². The molecule has 2 aromatic heterocycles. The fourth-order valence-corrected chi connectivity index (χ4v) is 3.17. The fourth-order valence-electron chi connectivity index (χ4n) is 3.04. The van der Waals surface area contributed by atoms with Crippen molar-refractivity contribution >= 4 is 23.2 Å². The zero-order valence-electron chi connectivity index (χ0n) is 16.5. The zero-order chi connectivity index (χ0) is 21.1. The predicted molar refractivity (Wildman–Crippen MR) is 118 cm³/mol. The number of benzene rings is 2. The van der Waals surface area contributed by atoms with Gasteiger partial charge in [0.2, 0.25) is 5.88 Å². The number of pyridine rings is 1. The third kappa shape index (κ3) is 3.90. The number of carbonyl (C=O) groups excluding carboxylic acids is 1. The maximum atomic E-state index is 13.4. The molecule has 0 saturated carbocycles. The second-order valence-corrected chi connectivity index (χ2v) is 7.03. The van der Waals surface area contributed by atoms with Crippen molar-refractivity contribution in [1.82, 2.24) is 14.8 Å². The second kappa shape index (κ2) is 8.39. The van der Waals surface area contributed by atoms with E-state index in [1.165, 1.54) is 4.90 Å². The molecule has 0 fully saturated rings. The molecule has 0 N–H and O–H groups in total. The molecular formula is C23H19ClN4O2. The Labute approximate surface area is 179 Å². The lowest BCUT2D eigenvalue weighted by atomic mass is 10.1. The Balaban J connectivity index is 1.76. The topological polar surface area (TPSA) is 60.2 Å². The van der Waals surface area contributed by atoms with Crippen molar-refractivity contribution < 1.29 is 9.53 Å². The van der Waals surface area contributed by atoms with Crippen LogP contribution in [0.5, 0.6) is 5.88 Å². The van der Waals surface area contributed by atoms with Crippen molar-refractivity contribution in [3.63, 3.8) is 0 Å². The van der Waals surface area contributed by atoms with Crippen LogP contribution < -0.4 is 9.64 Å². The molecular weight excluding hydrogens is 400 g/mol. The van der Waals surface area contributed by atoms with E-state index >= 15 is 0 Å². The number of rotatable bonds is 5. The first kappa shape index (κ1) is 19.7. The lowest BCUT2D eigenvalue weighted by Crippen LogP contribution is -2.28. The second-order valence-electron chi connectivity index (χ2n) is 6.59. The van der Waals surface area contributed by atoms with Crippen molar-refractivity contribution in [2.24, 2.45) is 0 Å². The summed E-state index contributed by atoms with van der Waals surface area (Å²) in [5, 5.41) is 5.34. The summed E-state index contributed by atoms with van der Waals surface area (Å²) < 4.78 is 6.75. The fraction of sp³-hybridized carbons (Fsp3) is 0.0870. The monoisotopic (exact) mass is 418 g/mol. The molecule has 6 nitrogen and oxygen atoms in total. The number of halogens is 1. The predicted octanol–water partition coefficient (Wildman–Crippen LogP) is 4.87. The van der Waals surface area contributed by atoms with Gasteiger partial charge in [-0.2, -0.15) is 5.10 Å². The molecule has 0 unspecified atom stereocenters. The van der Waals surface area contributed by atoms with E-state index in [0.29, 0.717) is 28.0 Å². The Morgan fingerprint density at radius 3 is 2.40 bits per heavy atom. The number of aromatic nitrogens is 3. The lowest BCUT2D eigenvalue weighted by Gasteiger charge is -2.17. The third-order valence-corrected chi connectivity index (χ3v) is 4.94. The van der Waals surface area contributed by atoms with Crippen LogP contribution in [0, 0.1) is 0 Å². The maximum Gasteiger partial charge on any atom is 0.276 e. The van der Waals surface area contributed by atoms with Gasteiger partial charge in [-0.1, -0.05) is 41.9 Å². The van der Waals surface area contributed by atoms with Crippen LogP contribution in [-0.4, -0.2) is 34.8 Å². The Morgan fingerprint density at radius 1 is 1.03 bits per heavy atom. The van der Waals surface area contributed by atoms with Gasteiger partial charge in [0.05, 0.1) is 30.4 Å². The molecule has 2 heterocycles. The molecule has 150 valence electrons. The molecule has 1 amide bonds. The van der Waals surface area contributed by atoms with Gasteiger partial charge in [0.1, 0.15) is 5.69 Å². The van der Waals surface area contributed by atoms with E-state index in [4.69, 9.17) is 21.4 Å². The van der Waals surface area contributed by atoms with Gasteiger partial charge in [0.15, 0.2) is 0 Å². The molecule has 0 atom stereocenters. The molecule has 0 aliphatic carbocycles. The number of nitrogens with zero attached hydrogens (tertiary/aromatic N) is 4. The number of anilines is 1. The van der Waals surface area contributed by atoms with Gasteiger partial charge in [-0.3, -0.25) is 4.79 Å². The number of para-hydroxylation sites is 1. The summed E-state index contributed by atoms with van der Waals surface area (Å²) in [5.74, 6) is 0.275. The van der Waals surface area contributed by atoms with Crippen LogP contribution in [-0.2, 0) is 0 Å². The average molecular weight is 419 g/mol. The van der Waals surface area contributed by atoms with Gasteiger partial charge in [0.25, 0.3) is 5.91 Å². The zero-order valence-corrected chi connectivity index (χ0v) is 17.2. The highest BCUT2D eigenvalue weighted by Crippen LogP contribution is 2.25. The summed E-state index contributed by atoms with van der Waals surface area (Å²) in [6, 6.07) is 22.2. The van der Waals surface area contributed by atoms with Gasteiger partial charge >= 0.3 is 0 Å². The first-order chi connectivity index (χ1) is 14.6. The minimum Gasteiger partial charge on any atom is -0.481 e. The molecule has 0 aliphatic rings. The van der Waals surface area contributed by atoms with E-state index in [9.17, 15) is 4.79 Å². The Kier molecular flexibility index (Phi) is 5.50. The van der Waals surface area contributed by atoms with Crippen LogP contribution >= 0.6 is 11.6 Å². The van der Waals surface area contributed by atoms with Gasteiger partial charge in [-0.05, 0) is 36.4 Å².